The number of carbonyl (C=O) groups is 1. The predicted molar refractivity (Wildman–Crippen MR) is 62.3 cm³/mol. The van der Waals surface area contributed by atoms with Gasteiger partial charge in [-0.3, -0.25) is 4.79 Å². The molecule has 0 N–H and O–H groups in total. The van der Waals surface area contributed by atoms with Crippen LogP contribution in [0, 0.1) is 0 Å². The third-order valence-electron chi connectivity index (χ3n) is 2.17. The predicted octanol–water partition coefficient (Wildman–Crippen LogP) is 2.88. The van der Waals surface area contributed by atoms with E-state index in [-0.39, 0.29) is 12.1 Å². The fraction of sp³-hybridized carbons (Fsp3) is 0.308. The number of benzene rings is 1. The summed E-state index contributed by atoms with van der Waals surface area (Å²) in [5.74, 6) is 0.411. The van der Waals surface area contributed by atoms with Crippen molar-refractivity contribution in [3.63, 3.8) is 0 Å². The summed E-state index contributed by atoms with van der Waals surface area (Å²) in [5.41, 5.74) is 0.861. The number of rotatable bonds is 5. The minimum absolute atomic E-state index is 0.308. The molecule has 0 aliphatic heterocycles. The third-order valence-corrected chi connectivity index (χ3v) is 2.17. The first-order chi connectivity index (χ1) is 7.69. The van der Waals surface area contributed by atoms with Gasteiger partial charge in [0.25, 0.3) is 0 Å². The van der Waals surface area contributed by atoms with Crippen molar-refractivity contribution in [1.29, 1.82) is 0 Å². The minimum atomic E-state index is -0.328. The maximum atomic E-state index is 11.0. The molecule has 3 heteroatoms. The third kappa shape index (κ3) is 3.12. The molecule has 1 aromatic rings. The van der Waals surface area contributed by atoms with Crippen LogP contribution in [0.25, 0.3) is 0 Å². The van der Waals surface area contributed by atoms with Crippen molar-refractivity contribution in [2.45, 2.75) is 19.4 Å². The highest BCUT2D eigenvalue weighted by Gasteiger charge is 2.16. The van der Waals surface area contributed by atoms with Crippen molar-refractivity contribution in [2.24, 2.45) is 0 Å². The summed E-state index contributed by atoms with van der Waals surface area (Å²) in [7, 11) is 1.59. The van der Waals surface area contributed by atoms with Crippen molar-refractivity contribution in [2.75, 3.05) is 7.11 Å². The molecule has 0 bridgehead atoms. The van der Waals surface area contributed by atoms with Gasteiger partial charge in [0.2, 0.25) is 0 Å². The van der Waals surface area contributed by atoms with Crippen LogP contribution in [0.3, 0.4) is 0 Å². The lowest BCUT2D eigenvalue weighted by Gasteiger charge is -2.18. The van der Waals surface area contributed by atoms with Crippen LogP contribution in [0.5, 0.6) is 5.75 Å². The maximum Gasteiger partial charge on any atom is 0.303 e. The molecule has 0 aliphatic carbocycles. The number of carbonyl (C=O) groups excluding carboxylic acids is 1. The van der Waals surface area contributed by atoms with E-state index in [2.05, 4.69) is 6.58 Å². The van der Waals surface area contributed by atoms with E-state index in [4.69, 9.17) is 9.47 Å². The van der Waals surface area contributed by atoms with Crippen LogP contribution in [0.4, 0.5) is 0 Å². The Balaban J connectivity index is 2.99. The molecule has 0 amide bonds. The Morgan fingerprint density at radius 1 is 1.50 bits per heavy atom. The quantitative estimate of drug-likeness (QED) is 0.565. The van der Waals surface area contributed by atoms with E-state index in [0.29, 0.717) is 6.42 Å². The van der Waals surface area contributed by atoms with E-state index >= 15 is 0 Å². The van der Waals surface area contributed by atoms with Crippen LogP contribution >= 0.6 is 0 Å². The summed E-state index contributed by atoms with van der Waals surface area (Å²) in [4.78, 5) is 11.0. The molecule has 0 spiro atoms. The van der Waals surface area contributed by atoms with Crippen molar-refractivity contribution in [1.82, 2.24) is 0 Å². The Morgan fingerprint density at radius 2 is 2.19 bits per heavy atom. The highest BCUT2D eigenvalue weighted by atomic mass is 16.5. The number of ether oxygens (including phenoxy) is 2. The van der Waals surface area contributed by atoms with E-state index in [1.165, 1.54) is 6.92 Å². The van der Waals surface area contributed by atoms with E-state index < -0.39 is 0 Å². The van der Waals surface area contributed by atoms with Crippen LogP contribution in [0.15, 0.2) is 36.9 Å². The zero-order valence-electron chi connectivity index (χ0n) is 9.60. The number of methoxy groups -OCH3 is 1. The second-order valence-corrected chi connectivity index (χ2v) is 3.36. The summed E-state index contributed by atoms with van der Waals surface area (Å²) >= 11 is 0. The first kappa shape index (κ1) is 12.3. The highest BCUT2D eigenvalue weighted by molar-refractivity contribution is 5.66. The van der Waals surface area contributed by atoms with Gasteiger partial charge in [0, 0.05) is 18.9 Å². The van der Waals surface area contributed by atoms with Crippen molar-refractivity contribution in [3.8, 4) is 5.75 Å². The first-order valence-electron chi connectivity index (χ1n) is 5.10. The average Bonchev–Trinajstić information content (AvgIpc) is 2.28. The van der Waals surface area contributed by atoms with E-state index in [0.717, 1.165) is 11.3 Å². The van der Waals surface area contributed by atoms with Gasteiger partial charge in [-0.15, -0.1) is 6.58 Å². The molecule has 1 rings (SSSR count). The van der Waals surface area contributed by atoms with Crippen LogP contribution in [0.1, 0.15) is 25.0 Å². The molecule has 86 valence electrons. The Kier molecular flexibility index (Phi) is 4.58. The van der Waals surface area contributed by atoms with Gasteiger partial charge in [0.15, 0.2) is 0 Å². The molecule has 1 atom stereocenters. The molecule has 3 nitrogen and oxygen atoms in total. The summed E-state index contributed by atoms with van der Waals surface area (Å²) < 4.78 is 10.5. The number of hydrogen-bond acceptors (Lipinski definition) is 3. The molecule has 0 radical (unpaired) electrons. The Bertz CT molecular complexity index is 371. The standard InChI is InChI=1S/C13H16O3/c1-4-7-13(16-10(2)14)11-8-5-6-9-12(11)15-3/h4-6,8-9,13H,1,7H2,2-3H3. The molecule has 16 heavy (non-hydrogen) atoms. The molecule has 0 heterocycles. The number of hydrogen-bond donors (Lipinski definition) is 0. The van der Waals surface area contributed by atoms with Crippen molar-refractivity contribution < 1.29 is 14.3 Å². The molecule has 1 unspecified atom stereocenters. The first-order valence-corrected chi connectivity index (χ1v) is 5.10. The van der Waals surface area contributed by atoms with Crippen molar-refractivity contribution >= 4 is 5.97 Å². The molecule has 0 aliphatic rings. The minimum Gasteiger partial charge on any atom is -0.496 e. The van der Waals surface area contributed by atoms with Gasteiger partial charge in [-0.1, -0.05) is 24.3 Å². The lowest BCUT2D eigenvalue weighted by atomic mass is 10.1. The molecule has 0 aromatic heterocycles. The second kappa shape index (κ2) is 5.95. The van der Waals surface area contributed by atoms with Crippen LogP contribution in [-0.4, -0.2) is 13.1 Å². The maximum absolute atomic E-state index is 11.0. The Hall–Kier alpha value is -1.77. The van der Waals surface area contributed by atoms with Crippen molar-refractivity contribution in [3.05, 3.63) is 42.5 Å². The molecule has 0 saturated carbocycles. The number of para-hydroxylation sites is 1. The Labute approximate surface area is 95.7 Å². The van der Waals surface area contributed by atoms with Crippen LogP contribution in [0.2, 0.25) is 0 Å². The van der Waals surface area contributed by atoms with Gasteiger partial charge in [0.05, 0.1) is 7.11 Å². The summed E-state index contributed by atoms with van der Waals surface area (Å²) in [5, 5.41) is 0. The molecular weight excluding hydrogens is 204 g/mol. The summed E-state index contributed by atoms with van der Waals surface area (Å²) in [6.45, 7) is 5.05. The number of esters is 1. The van der Waals surface area contributed by atoms with Gasteiger partial charge in [-0.25, -0.2) is 0 Å². The zero-order chi connectivity index (χ0) is 12.0. The SMILES string of the molecule is C=CCC(OC(C)=O)c1ccccc1OC. The monoisotopic (exact) mass is 220 g/mol. The topological polar surface area (TPSA) is 35.5 Å². The lowest BCUT2D eigenvalue weighted by Crippen LogP contribution is -2.09. The van der Waals surface area contributed by atoms with E-state index in [1.54, 1.807) is 13.2 Å². The highest BCUT2D eigenvalue weighted by Crippen LogP contribution is 2.30. The van der Waals surface area contributed by atoms with Gasteiger partial charge in [-0.05, 0) is 6.07 Å². The summed E-state index contributed by atoms with van der Waals surface area (Å²) in [6, 6.07) is 7.49. The smallest absolute Gasteiger partial charge is 0.303 e. The normalized spacial score (nSPS) is 11.6. The molecule has 0 fully saturated rings. The average molecular weight is 220 g/mol. The second-order valence-electron chi connectivity index (χ2n) is 3.36. The fourth-order valence-electron chi connectivity index (χ4n) is 1.52. The summed E-state index contributed by atoms with van der Waals surface area (Å²) in [6.07, 6.45) is 1.96. The molecular formula is C13H16O3. The van der Waals surface area contributed by atoms with Gasteiger partial charge >= 0.3 is 5.97 Å². The van der Waals surface area contributed by atoms with Crippen LogP contribution < -0.4 is 4.74 Å². The molecule has 0 saturated heterocycles. The van der Waals surface area contributed by atoms with Crippen LogP contribution in [-0.2, 0) is 9.53 Å². The lowest BCUT2D eigenvalue weighted by molar-refractivity contribution is -0.146. The van der Waals surface area contributed by atoms with Gasteiger partial charge < -0.3 is 9.47 Å². The van der Waals surface area contributed by atoms with E-state index in [9.17, 15) is 4.79 Å². The Morgan fingerprint density at radius 3 is 2.75 bits per heavy atom. The van der Waals surface area contributed by atoms with E-state index in [1.807, 2.05) is 24.3 Å². The van der Waals surface area contributed by atoms with Gasteiger partial charge in [-0.2, -0.15) is 0 Å². The largest absolute Gasteiger partial charge is 0.496 e. The fourth-order valence-corrected chi connectivity index (χ4v) is 1.52. The van der Waals surface area contributed by atoms with Gasteiger partial charge in [0.1, 0.15) is 11.9 Å². The molecule has 1 aromatic carbocycles. The zero-order valence-corrected chi connectivity index (χ0v) is 9.60.